The van der Waals surface area contributed by atoms with Crippen LogP contribution >= 0.6 is 0 Å². The van der Waals surface area contributed by atoms with Gasteiger partial charge in [0.15, 0.2) is 0 Å². The van der Waals surface area contributed by atoms with Crippen LogP contribution in [0.4, 0.5) is 5.69 Å². The molecule has 140 valence electrons. The number of carbonyl (C=O) groups is 3. The number of benzene rings is 2. The molecule has 1 aliphatic heterocycles. The third-order valence-corrected chi connectivity index (χ3v) is 5.03. The Balaban J connectivity index is 1.97. The van der Waals surface area contributed by atoms with Gasteiger partial charge in [-0.2, -0.15) is 0 Å². The zero-order valence-corrected chi connectivity index (χ0v) is 15.5. The molecule has 0 aliphatic carbocycles. The first-order valence-corrected chi connectivity index (χ1v) is 8.87. The summed E-state index contributed by atoms with van der Waals surface area (Å²) < 4.78 is 0. The molecule has 0 bridgehead atoms. The fraction of sp³-hybridized carbons (Fsp3) is 0.286. The molecule has 2 aromatic rings. The van der Waals surface area contributed by atoms with Crippen LogP contribution in [-0.2, 0) is 26.2 Å². The number of anilines is 1. The molecule has 1 atom stereocenters. The molecule has 0 aromatic heterocycles. The van der Waals surface area contributed by atoms with Crippen molar-refractivity contribution in [3.05, 3.63) is 65.7 Å². The molecule has 0 radical (unpaired) electrons. The monoisotopic (exact) mass is 365 g/mol. The molecule has 3 rings (SSSR count). The van der Waals surface area contributed by atoms with Gasteiger partial charge in [0.05, 0.1) is 12.0 Å². The third kappa shape index (κ3) is 3.56. The summed E-state index contributed by atoms with van der Waals surface area (Å²) in [5, 5.41) is 5.08. The minimum atomic E-state index is -0.987. The minimum Gasteiger partial charge on any atom is -0.358 e. The second kappa shape index (κ2) is 7.61. The average molecular weight is 365 g/mol. The fourth-order valence-electron chi connectivity index (χ4n) is 3.67. The van der Waals surface area contributed by atoms with Crippen molar-refractivity contribution < 1.29 is 14.4 Å². The SMILES string of the molecule is CNC(=O)CNC(=O)C[C@@]1(Cc2ccccc2)C(=O)N(C)c2ccccc21. The fourth-order valence-corrected chi connectivity index (χ4v) is 3.67. The number of hydrogen-bond donors (Lipinski definition) is 2. The van der Waals surface area contributed by atoms with Crippen LogP contribution in [0.3, 0.4) is 0 Å². The molecule has 0 spiro atoms. The second-order valence-corrected chi connectivity index (χ2v) is 6.75. The zero-order valence-electron chi connectivity index (χ0n) is 15.5. The van der Waals surface area contributed by atoms with E-state index in [2.05, 4.69) is 10.6 Å². The van der Waals surface area contributed by atoms with Crippen molar-refractivity contribution in [3.63, 3.8) is 0 Å². The number of nitrogens with one attached hydrogen (secondary N) is 2. The Morgan fingerprint density at radius 2 is 1.67 bits per heavy atom. The van der Waals surface area contributed by atoms with Gasteiger partial charge in [-0.1, -0.05) is 48.5 Å². The zero-order chi connectivity index (χ0) is 19.4. The molecule has 1 aliphatic rings. The molecule has 0 unspecified atom stereocenters. The van der Waals surface area contributed by atoms with Crippen LogP contribution in [0.15, 0.2) is 54.6 Å². The lowest BCUT2D eigenvalue weighted by Gasteiger charge is -2.28. The highest BCUT2D eigenvalue weighted by Crippen LogP contribution is 2.45. The highest BCUT2D eigenvalue weighted by atomic mass is 16.2. The van der Waals surface area contributed by atoms with Crippen molar-refractivity contribution >= 4 is 23.4 Å². The first kappa shape index (κ1) is 18.6. The van der Waals surface area contributed by atoms with Gasteiger partial charge in [0, 0.05) is 26.2 Å². The Labute approximate surface area is 158 Å². The van der Waals surface area contributed by atoms with Crippen molar-refractivity contribution in [2.45, 2.75) is 18.3 Å². The first-order chi connectivity index (χ1) is 13.0. The average Bonchev–Trinajstić information content (AvgIpc) is 2.89. The van der Waals surface area contributed by atoms with Crippen LogP contribution in [0.2, 0.25) is 0 Å². The molecule has 2 aromatic carbocycles. The number of nitrogens with zero attached hydrogens (tertiary/aromatic N) is 1. The summed E-state index contributed by atoms with van der Waals surface area (Å²) in [6, 6.07) is 17.2. The first-order valence-electron chi connectivity index (χ1n) is 8.87. The van der Waals surface area contributed by atoms with Gasteiger partial charge >= 0.3 is 0 Å². The second-order valence-electron chi connectivity index (χ2n) is 6.75. The van der Waals surface area contributed by atoms with Crippen molar-refractivity contribution in [2.24, 2.45) is 0 Å². The number of para-hydroxylation sites is 1. The van der Waals surface area contributed by atoms with E-state index in [0.29, 0.717) is 6.42 Å². The Morgan fingerprint density at radius 3 is 2.37 bits per heavy atom. The summed E-state index contributed by atoms with van der Waals surface area (Å²) in [4.78, 5) is 39.0. The van der Waals surface area contributed by atoms with Crippen LogP contribution in [0.5, 0.6) is 0 Å². The summed E-state index contributed by atoms with van der Waals surface area (Å²) in [5.74, 6) is -0.716. The Bertz CT molecular complexity index is 866. The predicted octanol–water partition coefficient (Wildman–Crippen LogP) is 1.40. The van der Waals surface area contributed by atoms with Gasteiger partial charge < -0.3 is 15.5 Å². The summed E-state index contributed by atoms with van der Waals surface area (Å²) in [6.45, 7) is -0.109. The van der Waals surface area contributed by atoms with E-state index in [1.54, 1.807) is 11.9 Å². The van der Waals surface area contributed by atoms with E-state index in [-0.39, 0.29) is 30.7 Å². The lowest BCUT2D eigenvalue weighted by molar-refractivity contribution is -0.130. The maximum atomic E-state index is 13.3. The highest BCUT2D eigenvalue weighted by molar-refractivity contribution is 6.10. The van der Waals surface area contributed by atoms with Crippen molar-refractivity contribution in [3.8, 4) is 0 Å². The topological polar surface area (TPSA) is 78.5 Å². The normalized spacial score (nSPS) is 18.1. The van der Waals surface area contributed by atoms with Gasteiger partial charge in [0.1, 0.15) is 0 Å². The van der Waals surface area contributed by atoms with Gasteiger partial charge in [-0.25, -0.2) is 0 Å². The Morgan fingerprint density at radius 1 is 1.00 bits per heavy atom. The molecule has 6 nitrogen and oxygen atoms in total. The van der Waals surface area contributed by atoms with Gasteiger partial charge in [0.2, 0.25) is 17.7 Å². The number of amides is 3. The van der Waals surface area contributed by atoms with E-state index >= 15 is 0 Å². The maximum Gasteiger partial charge on any atom is 0.239 e. The van der Waals surface area contributed by atoms with E-state index in [1.165, 1.54) is 7.05 Å². The summed E-state index contributed by atoms with van der Waals surface area (Å²) in [6.07, 6.45) is 0.403. The van der Waals surface area contributed by atoms with E-state index in [0.717, 1.165) is 16.8 Å². The molecule has 0 saturated heterocycles. The summed E-state index contributed by atoms with van der Waals surface area (Å²) >= 11 is 0. The quantitative estimate of drug-likeness (QED) is 0.812. The smallest absolute Gasteiger partial charge is 0.239 e. The molecule has 1 heterocycles. The van der Waals surface area contributed by atoms with Crippen LogP contribution < -0.4 is 15.5 Å². The van der Waals surface area contributed by atoms with Gasteiger partial charge in [-0.05, 0) is 23.6 Å². The molecule has 0 saturated carbocycles. The van der Waals surface area contributed by atoms with Crippen LogP contribution in [-0.4, -0.2) is 38.4 Å². The van der Waals surface area contributed by atoms with Crippen molar-refractivity contribution in [1.82, 2.24) is 10.6 Å². The van der Waals surface area contributed by atoms with E-state index in [4.69, 9.17) is 0 Å². The number of fused-ring (bicyclic) bond motifs is 1. The third-order valence-electron chi connectivity index (χ3n) is 5.03. The van der Waals surface area contributed by atoms with E-state index < -0.39 is 5.41 Å². The molecule has 6 heteroatoms. The summed E-state index contributed by atoms with van der Waals surface area (Å²) in [7, 11) is 3.24. The largest absolute Gasteiger partial charge is 0.358 e. The molecule has 2 N–H and O–H groups in total. The Hall–Kier alpha value is -3.15. The molecule has 0 fully saturated rings. The number of rotatable bonds is 6. The number of hydrogen-bond acceptors (Lipinski definition) is 3. The predicted molar refractivity (Wildman–Crippen MR) is 103 cm³/mol. The minimum absolute atomic E-state index is 0.0148. The number of carbonyl (C=O) groups excluding carboxylic acids is 3. The van der Waals surface area contributed by atoms with Crippen molar-refractivity contribution in [2.75, 3.05) is 25.5 Å². The highest BCUT2D eigenvalue weighted by Gasteiger charge is 2.50. The van der Waals surface area contributed by atoms with Crippen molar-refractivity contribution in [1.29, 1.82) is 0 Å². The van der Waals surface area contributed by atoms with E-state index in [1.807, 2.05) is 54.6 Å². The lowest BCUT2D eigenvalue weighted by Crippen LogP contribution is -2.45. The van der Waals surface area contributed by atoms with Gasteiger partial charge in [0.25, 0.3) is 0 Å². The molecule has 3 amide bonds. The van der Waals surface area contributed by atoms with Crippen LogP contribution in [0, 0.1) is 0 Å². The van der Waals surface area contributed by atoms with Gasteiger partial charge in [-0.3, -0.25) is 14.4 Å². The lowest BCUT2D eigenvalue weighted by atomic mass is 9.73. The summed E-state index contributed by atoms with van der Waals surface area (Å²) in [5.41, 5.74) is 1.66. The molecular weight excluding hydrogens is 342 g/mol. The van der Waals surface area contributed by atoms with Gasteiger partial charge in [-0.15, -0.1) is 0 Å². The molecule has 27 heavy (non-hydrogen) atoms. The van der Waals surface area contributed by atoms with E-state index in [9.17, 15) is 14.4 Å². The van der Waals surface area contributed by atoms with Crippen LogP contribution in [0.25, 0.3) is 0 Å². The standard InChI is InChI=1S/C21H23N3O3/c1-22-19(26)14-23-18(25)13-21(12-15-8-4-3-5-9-15)16-10-6-7-11-17(16)24(2)20(21)27/h3-11H,12-14H2,1-2H3,(H,22,26)(H,23,25)/t21-/m1/s1. The molecular formula is C21H23N3O3. The Kier molecular flexibility index (Phi) is 5.26. The maximum absolute atomic E-state index is 13.3. The number of likely N-dealkylation sites (N-methyl/N-ethyl adjacent to an activating group) is 2. The van der Waals surface area contributed by atoms with Crippen LogP contribution in [0.1, 0.15) is 17.5 Å².